The molecule has 0 radical (unpaired) electrons. The van der Waals surface area contributed by atoms with E-state index in [9.17, 15) is 19.8 Å². The van der Waals surface area contributed by atoms with Crippen molar-refractivity contribution < 1.29 is 29.3 Å². The number of amides is 2. The monoisotopic (exact) mass is 551 g/mol. The largest absolute Gasteiger partial charge is 0.480 e. The molecule has 2 atom stereocenters. The molecule has 39 heavy (non-hydrogen) atoms. The fraction of sp³-hybridized carbons (Fsp3) is 0.407. The van der Waals surface area contributed by atoms with Crippen molar-refractivity contribution in [3.63, 3.8) is 0 Å². The molecule has 0 bridgehead atoms. The van der Waals surface area contributed by atoms with Gasteiger partial charge in [-0.15, -0.1) is 11.8 Å². The zero-order chi connectivity index (χ0) is 27.1. The van der Waals surface area contributed by atoms with Crippen LogP contribution in [0.5, 0.6) is 5.88 Å². The van der Waals surface area contributed by atoms with Gasteiger partial charge in [0.25, 0.3) is 0 Å². The fourth-order valence-electron chi connectivity index (χ4n) is 5.40. The van der Waals surface area contributed by atoms with Gasteiger partial charge in [0.2, 0.25) is 11.8 Å². The lowest BCUT2D eigenvalue weighted by atomic mass is 9.82. The van der Waals surface area contributed by atoms with E-state index >= 15 is 0 Å². The van der Waals surface area contributed by atoms with Crippen LogP contribution in [0.3, 0.4) is 0 Å². The van der Waals surface area contributed by atoms with Crippen molar-refractivity contribution in [1.29, 1.82) is 0 Å². The van der Waals surface area contributed by atoms with Crippen LogP contribution in [0.4, 0.5) is 16.2 Å². The number of hydrogen-bond acceptors (Lipinski definition) is 10. The van der Waals surface area contributed by atoms with E-state index in [1.807, 2.05) is 12.1 Å². The summed E-state index contributed by atoms with van der Waals surface area (Å²) in [5.41, 5.74) is 1.67. The first kappa shape index (κ1) is 25.8. The number of anilines is 2. The molecule has 2 fully saturated rings. The van der Waals surface area contributed by atoms with E-state index in [1.165, 1.54) is 25.1 Å². The van der Waals surface area contributed by atoms with Crippen LogP contribution in [0, 0.1) is 0 Å². The Hall–Kier alpha value is -3.45. The Kier molecular flexibility index (Phi) is 6.79. The maximum atomic E-state index is 12.7. The zero-order valence-corrected chi connectivity index (χ0v) is 22.2. The smallest absolute Gasteiger partial charge is 0.414 e. The summed E-state index contributed by atoms with van der Waals surface area (Å²) in [6.45, 7) is 1.97. The molecule has 0 spiro atoms. The van der Waals surface area contributed by atoms with Gasteiger partial charge in [-0.2, -0.15) is 0 Å². The minimum atomic E-state index is -1.33. The van der Waals surface area contributed by atoms with Gasteiger partial charge in [0.05, 0.1) is 47.9 Å². The maximum Gasteiger partial charge on any atom is 0.414 e. The van der Waals surface area contributed by atoms with Crippen LogP contribution in [-0.4, -0.2) is 87.8 Å². The molecule has 11 nitrogen and oxygen atoms in total. The van der Waals surface area contributed by atoms with Gasteiger partial charge in [-0.3, -0.25) is 14.6 Å². The van der Waals surface area contributed by atoms with Crippen LogP contribution in [0.15, 0.2) is 47.5 Å². The van der Waals surface area contributed by atoms with Crippen LogP contribution in [0.25, 0.3) is 11.0 Å². The number of carbonyl (C=O) groups is 2. The predicted octanol–water partition coefficient (Wildman–Crippen LogP) is 2.57. The quantitative estimate of drug-likeness (QED) is 0.419. The number of aliphatic hydroxyl groups is 2. The number of hydrogen-bond donors (Lipinski definition) is 3. The third-order valence-corrected chi connectivity index (χ3v) is 8.63. The number of benzene rings is 2. The Morgan fingerprint density at radius 2 is 2.08 bits per heavy atom. The number of fused-ring (bicyclic) bond motifs is 2. The Morgan fingerprint density at radius 3 is 2.87 bits per heavy atom. The number of nitrogens with zero attached hydrogens (tertiary/aromatic N) is 4. The summed E-state index contributed by atoms with van der Waals surface area (Å²) in [5, 5.41) is 25.5. The number of likely N-dealkylation sites (tertiary alicyclic amines) is 1. The number of thioether (sulfide) groups is 1. The summed E-state index contributed by atoms with van der Waals surface area (Å²) in [4.78, 5) is 37.9. The van der Waals surface area contributed by atoms with E-state index in [2.05, 4.69) is 20.2 Å². The van der Waals surface area contributed by atoms with Gasteiger partial charge in [0.15, 0.2) is 0 Å². The molecule has 6 rings (SSSR count). The minimum Gasteiger partial charge on any atom is -0.480 e. The average molecular weight is 552 g/mol. The second kappa shape index (κ2) is 10.3. The predicted molar refractivity (Wildman–Crippen MR) is 145 cm³/mol. The van der Waals surface area contributed by atoms with Gasteiger partial charge in [-0.05, 0) is 37.1 Å². The lowest BCUT2D eigenvalue weighted by molar-refractivity contribution is -0.113. The van der Waals surface area contributed by atoms with Crippen molar-refractivity contribution in [1.82, 2.24) is 14.9 Å². The van der Waals surface area contributed by atoms with Crippen LogP contribution in [-0.2, 0) is 9.53 Å². The summed E-state index contributed by atoms with van der Waals surface area (Å²) in [5.74, 6) is 0.658. The Bertz CT molecular complexity index is 1430. The highest BCUT2D eigenvalue weighted by atomic mass is 32.2. The molecule has 1 aromatic heterocycles. The van der Waals surface area contributed by atoms with Crippen molar-refractivity contribution in [2.24, 2.45) is 0 Å². The number of aromatic nitrogens is 2. The third kappa shape index (κ3) is 5.00. The van der Waals surface area contributed by atoms with Crippen LogP contribution in [0.2, 0.25) is 0 Å². The Labute approximate surface area is 229 Å². The van der Waals surface area contributed by atoms with Crippen molar-refractivity contribution in [2.45, 2.75) is 35.5 Å². The number of methoxy groups -OCH3 is 1. The molecule has 4 heterocycles. The topological polar surface area (TPSA) is 137 Å². The van der Waals surface area contributed by atoms with E-state index in [0.29, 0.717) is 78.6 Å². The first-order chi connectivity index (χ1) is 18.8. The molecule has 3 aliphatic heterocycles. The molecule has 2 amide bonds. The molecular formula is C27H29N5O6S. The van der Waals surface area contributed by atoms with E-state index < -0.39 is 17.8 Å². The zero-order valence-electron chi connectivity index (χ0n) is 21.4. The highest BCUT2D eigenvalue weighted by molar-refractivity contribution is 8.00. The summed E-state index contributed by atoms with van der Waals surface area (Å²) in [6.07, 6.45) is 0.293. The minimum absolute atomic E-state index is 0.0604. The lowest BCUT2D eigenvalue weighted by Gasteiger charge is -2.41. The number of nitrogens with one attached hydrogen (secondary N) is 1. The summed E-state index contributed by atoms with van der Waals surface area (Å²) in [6, 6.07) is 10.9. The normalized spacial score (nSPS) is 21.8. The summed E-state index contributed by atoms with van der Waals surface area (Å²) in [7, 11) is 1.50. The number of aliphatic hydroxyl groups excluding tert-OH is 1. The van der Waals surface area contributed by atoms with E-state index in [-0.39, 0.29) is 12.0 Å². The molecule has 0 saturated carbocycles. The summed E-state index contributed by atoms with van der Waals surface area (Å²) >= 11 is 1.47. The highest BCUT2D eigenvalue weighted by Crippen LogP contribution is 2.38. The molecule has 3 N–H and O–H groups in total. The SMILES string of the molecule is COc1cnc2cccc([C@H](O)C3(O)CCN(C[C@@H]4CN(c5ccc6c(c5)NC(=O)CS6)C(=O)O4)CC3)c2n1. The van der Waals surface area contributed by atoms with Gasteiger partial charge in [-0.25, -0.2) is 14.8 Å². The second-order valence-electron chi connectivity index (χ2n) is 10.1. The fourth-order valence-corrected chi connectivity index (χ4v) is 6.19. The highest BCUT2D eigenvalue weighted by Gasteiger charge is 2.42. The van der Waals surface area contributed by atoms with Crippen molar-refractivity contribution in [3.8, 4) is 5.88 Å². The average Bonchev–Trinajstić information content (AvgIpc) is 3.32. The van der Waals surface area contributed by atoms with Crippen molar-refractivity contribution in [3.05, 3.63) is 48.2 Å². The Morgan fingerprint density at radius 1 is 1.26 bits per heavy atom. The van der Waals surface area contributed by atoms with Crippen molar-refractivity contribution >= 4 is 46.2 Å². The first-order valence-corrected chi connectivity index (χ1v) is 13.8. The standard InChI is InChI=1S/C27H29N5O6S/c1-37-23-12-28-19-4-2-3-18(24(19)30-23)25(34)27(36)7-9-31(10-8-27)13-17-14-32(26(35)38-17)16-5-6-21-20(11-16)29-22(33)15-39-21/h2-6,11-12,17,25,34,36H,7-10,13-15H2,1H3,(H,29,33)/t17-,25+/m1/s1. The van der Waals surface area contributed by atoms with Crippen molar-refractivity contribution in [2.75, 3.05) is 49.3 Å². The molecule has 204 valence electrons. The number of carbonyl (C=O) groups excluding carboxylic acids is 2. The molecule has 0 unspecified atom stereocenters. The molecule has 2 aromatic carbocycles. The lowest BCUT2D eigenvalue weighted by Crippen LogP contribution is -2.50. The van der Waals surface area contributed by atoms with Gasteiger partial charge in [0.1, 0.15) is 12.2 Å². The van der Waals surface area contributed by atoms with E-state index in [1.54, 1.807) is 29.2 Å². The second-order valence-corrected chi connectivity index (χ2v) is 11.1. The first-order valence-electron chi connectivity index (χ1n) is 12.8. The maximum absolute atomic E-state index is 12.7. The number of para-hydroxylation sites is 1. The van der Waals surface area contributed by atoms with Crippen LogP contribution >= 0.6 is 11.8 Å². The number of rotatable bonds is 6. The van der Waals surface area contributed by atoms with Crippen LogP contribution in [0.1, 0.15) is 24.5 Å². The van der Waals surface area contributed by atoms with Crippen LogP contribution < -0.4 is 15.0 Å². The third-order valence-electron chi connectivity index (χ3n) is 7.56. The van der Waals surface area contributed by atoms with Gasteiger partial charge >= 0.3 is 6.09 Å². The molecule has 2 saturated heterocycles. The number of cyclic esters (lactones) is 1. The van der Waals surface area contributed by atoms with Gasteiger partial charge in [0, 0.05) is 35.8 Å². The van der Waals surface area contributed by atoms with Gasteiger partial charge < -0.3 is 25.0 Å². The van der Waals surface area contributed by atoms with Gasteiger partial charge in [-0.1, -0.05) is 12.1 Å². The van der Waals surface area contributed by atoms with E-state index in [0.717, 1.165) is 4.90 Å². The Balaban J connectivity index is 1.09. The molecular weight excluding hydrogens is 522 g/mol. The number of ether oxygens (including phenoxy) is 2. The van der Waals surface area contributed by atoms with E-state index in [4.69, 9.17) is 9.47 Å². The molecule has 3 aromatic rings. The molecule has 0 aliphatic carbocycles. The number of piperidine rings is 1. The molecule has 12 heteroatoms. The molecule has 3 aliphatic rings. The summed E-state index contributed by atoms with van der Waals surface area (Å²) < 4.78 is 10.8.